The zero-order chi connectivity index (χ0) is 22.4. The van der Waals surface area contributed by atoms with Crippen LogP contribution in [0.4, 0.5) is 0 Å². The Morgan fingerprint density at radius 3 is 2.81 bits per heavy atom. The summed E-state index contributed by atoms with van der Waals surface area (Å²) in [5.74, 6) is -0.469. The van der Waals surface area contributed by atoms with Gasteiger partial charge in [0.15, 0.2) is 11.2 Å². The van der Waals surface area contributed by atoms with Gasteiger partial charge >= 0.3 is 5.97 Å². The molecule has 4 aromatic rings. The zero-order valence-corrected chi connectivity index (χ0v) is 17.0. The number of aliphatic carboxylic acids is 1. The van der Waals surface area contributed by atoms with Gasteiger partial charge in [0, 0.05) is 0 Å². The second-order valence-electron chi connectivity index (χ2n) is 7.67. The van der Waals surface area contributed by atoms with Crippen LogP contribution in [0.2, 0.25) is 0 Å². The largest absolute Gasteiger partial charge is 0.508 e. The van der Waals surface area contributed by atoms with E-state index in [1.807, 2.05) is 19.1 Å². The van der Waals surface area contributed by atoms with E-state index >= 15 is 0 Å². The highest BCUT2D eigenvalue weighted by molar-refractivity contribution is 5.78. The fraction of sp³-hybridized carbons (Fsp3) is 0.227. The minimum atomic E-state index is -0.825. The van der Waals surface area contributed by atoms with E-state index in [1.54, 1.807) is 24.3 Å². The van der Waals surface area contributed by atoms with Crippen molar-refractivity contribution in [2.45, 2.75) is 19.3 Å². The minimum absolute atomic E-state index is 0.0683. The van der Waals surface area contributed by atoms with Crippen molar-refractivity contribution >= 4 is 17.1 Å². The summed E-state index contributed by atoms with van der Waals surface area (Å²) in [5, 5.41) is 29.4. The summed E-state index contributed by atoms with van der Waals surface area (Å²) in [4.78, 5) is 30.6. The zero-order valence-electron chi connectivity index (χ0n) is 17.0. The lowest BCUT2D eigenvalue weighted by molar-refractivity contribution is -0.138. The molecule has 2 heterocycles. The van der Waals surface area contributed by atoms with Crippen molar-refractivity contribution in [2.75, 3.05) is 6.61 Å². The number of nitrogens with zero attached hydrogens (tertiary/aromatic N) is 3. The lowest BCUT2D eigenvalue weighted by Gasteiger charge is -2.13. The van der Waals surface area contributed by atoms with Crippen molar-refractivity contribution in [3.05, 3.63) is 52.3 Å². The molecule has 1 aliphatic rings. The third kappa shape index (κ3) is 3.45. The highest BCUT2D eigenvalue weighted by atomic mass is 16.5. The van der Waals surface area contributed by atoms with Crippen LogP contribution in [0.25, 0.3) is 33.7 Å². The van der Waals surface area contributed by atoms with E-state index in [0.717, 1.165) is 16.7 Å². The Kier molecular flexibility index (Phi) is 4.62. The first-order valence-corrected chi connectivity index (χ1v) is 10.1. The standard InChI is InChI=1S/C22H19N5O5/c1-2-32-17-8-10(11-5-12(7-13(28)6-11)15-9-16(15)22(30)31)3-4-14(17)19-23-20-18(21(29)24-19)25-27-26-20/h3-8,15-16,28H,2,9H2,1H3,(H,30,31)(H2,23,24,25,26,27,29)/t15-,16+/m1/s1. The number of carboxylic acids is 1. The van der Waals surface area contributed by atoms with Crippen LogP contribution < -0.4 is 10.3 Å². The molecule has 0 aliphatic heterocycles. The average molecular weight is 433 g/mol. The van der Waals surface area contributed by atoms with Crippen LogP contribution in [0.15, 0.2) is 41.2 Å². The van der Waals surface area contributed by atoms with Crippen molar-refractivity contribution < 1.29 is 19.7 Å². The molecule has 162 valence electrons. The summed E-state index contributed by atoms with van der Waals surface area (Å²) >= 11 is 0. The van der Waals surface area contributed by atoms with E-state index in [1.165, 1.54) is 0 Å². The molecule has 0 spiro atoms. The van der Waals surface area contributed by atoms with Crippen LogP contribution in [0.1, 0.15) is 24.8 Å². The molecule has 2 aromatic heterocycles. The van der Waals surface area contributed by atoms with Gasteiger partial charge in [-0.2, -0.15) is 0 Å². The number of phenols is 1. The molecule has 0 amide bonds. The van der Waals surface area contributed by atoms with Gasteiger partial charge in [0.1, 0.15) is 17.3 Å². The van der Waals surface area contributed by atoms with Crippen LogP contribution in [-0.2, 0) is 4.79 Å². The molecule has 0 bridgehead atoms. The second kappa shape index (κ2) is 7.49. The molecule has 1 saturated carbocycles. The fourth-order valence-electron chi connectivity index (χ4n) is 3.91. The third-order valence-corrected chi connectivity index (χ3v) is 5.55. The number of phenolic OH excluding ortho intramolecular Hbond substituents is 1. The summed E-state index contributed by atoms with van der Waals surface area (Å²) < 4.78 is 5.81. The van der Waals surface area contributed by atoms with Crippen LogP contribution >= 0.6 is 0 Å². The number of carboxylic acid groups (broad SMARTS) is 1. The summed E-state index contributed by atoms with van der Waals surface area (Å²) in [6, 6.07) is 10.5. The topological polar surface area (TPSA) is 154 Å². The Hall–Kier alpha value is -4.21. The maximum atomic E-state index is 12.3. The Balaban J connectivity index is 1.57. The van der Waals surface area contributed by atoms with Gasteiger partial charge in [0.2, 0.25) is 0 Å². The van der Waals surface area contributed by atoms with E-state index in [9.17, 15) is 19.8 Å². The number of nitrogens with one attached hydrogen (secondary N) is 2. The molecule has 0 unspecified atom stereocenters. The molecule has 10 nitrogen and oxygen atoms in total. The smallest absolute Gasteiger partial charge is 0.307 e. The maximum absolute atomic E-state index is 12.3. The van der Waals surface area contributed by atoms with Crippen molar-refractivity contribution in [1.29, 1.82) is 0 Å². The van der Waals surface area contributed by atoms with E-state index in [0.29, 0.717) is 30.2 Å². The highest BCUT2D eigenvalue weighted by Gasteiger charge is 2.44. The van der Waals surface area contributed by atoms with E-state index in [-0.39, 0.29) is 22.8 Å². The fourth-order valence-corrected chi connectivity index (χ4v) is 3.91. The molecule has 10 heteroatoms. The van der Waals surface area contributed by atoms with Crippen LogP contribution in [-0.4, -0.2) is 48.2 Å². The van der Waals surface area contributed by atoms with Crippen molar-refractivity contribution in [3.63, 3.8) is 0 Å². The van der Waals surface area contributed by atoms with Crippen molar-refractivity contribution in [1.82, 2.24) is 25.4 Å². The number of carbonyl (C=O) groups is 1. The lowest BCUT2D eigenvalue weighted by atomic mass is 9.98. The van der Waals surface area contributed by atoms with E-state index in [2.05, 4.69) is 25.4 Å². The predicted molar refractivity (Wildman–Crippen MR) is 114 cm³/mol. The van der Waals surface area contributed by atoms with Crippen LogP contribution in [0, 0.1) is 5.92 Å². The number of hydrogen-bond donors (Lipinski definition) is 4. The number of ether oxygens (including phenoxy) is 1. The van der Waals surface area contributed by atoms with Gasteiger partial charge in [-0.1, -0.05) is 17.3 Å². The van der Waals surface area contributed by atoms with Gasteiger partial charge < -0.3 is 19.9 Å². The first-order valence-electron chi connectivity index (χ1n) is 10.1. The molecule has 32 heavy (non-hydrogen) atoms. The normalized spacial score (nSPS) is 17.4. The van der Waals surface area contributed by atoms with Gasteiger partial charge in [-0.15, -0.1) is 5.10 Å². The predicted octanol–water partition coefficient (Wildman–Crippen LogP) is 2.67. The number of hydrogen-bond acceptors (Lipinski definition) is 7. The molecule has 4 N–H and O–H groups in total. The lowest BCUT2D eigenvalue weighted by Crippen LogP contribution is -2.10. The SMILES string of the molecule is CCOc1cc(-c2cc(O)cc([C@H]3C[C@@H]3C(=O)O)c2)ccc1-c1nc2[nH]nnc2c(=O)[nH]1. The quantitative estimate of drug-likeness (QED) is 0.362. The number of aromatic amines is 2. The second-order valence-corrected chi connectivity index (χ2v) is 7.67. The van der Waals surface area contributed by atoms with Crippen molar-refractivity contribution in [3.8, 4) is 34.0 Å². The molecular formula is C22H19N5O5. The molecule has 0 radical (unpaired) electrons. The summed E-state index contributed by atoms with van der Waals surface area (Å²) in [5.41, 5.74) is 2.85. The van der Waals surface area contributed by atoms with Gasteiger partial charge in [0.25, 0.3) is 5.56 Å². The van der Waals surface area contributed by atoms with Gasteiger partial charge in [-0.25, -0.2) is 10.1 Å². The Morgan fingerprint density at radius 2 is 2.06 bits per heavy atom. The molecule has 2 atom stereocenters. The molecule has 1 fully saturated rings. The highest BCUT2D eigenvalue weighted by Crippen LogP contribution is 2.49. The molecule has 1 aliphatic carbocycles. The minimum Gasteiger partial charge on any atom is -0.508 e. The summed E-state index contributed by atoms with van der Waals surface area (Å²) in [6.07, 6.45) is 0.561. The maximum Gasteiger partial charge on any atom is 0.307 e. The first-order chi connectivity index (χ1) is 15.4. The van der Waals surface area contributed by atoms with Gasteiger partial charge in [-0.3, -0.25) is 9.59 Å². The average Bonchev–Trinajstić information content (AvgIpc) is 3.44. The number of fused-ring (bicyclic) bond motifs is 1. The molecule has 5 rings (SSSR count). The van der Waals surface area contributed by atoms with Crippen LogP contribution in [0.3, 0.4) is 0 Å². The number of aromatic hydroxyl groups is 1. The number of rotatable bonds is 6. The Bertz CT molecular complexity index is 1410. The monoisotopic (exact) mass is 433 g/mol. The van der Waals surface area contributed by atoms with E-state index in [4.69, 9.17) is 4.74 Å². The number of aromatic nitrogens is 5. The Labute approximate surface area is 180 Å². The van der Waals surface area contributed by atoms with Gasteiger partial charge in [-0.05, 0) is 60.2 Å². The number of H-pyrrole nitrogens is 2. The Morgan fingerprint density at radius 1 is 1.22 bits per heavy atom. The third-order valence-electron chi connectivity index (χ3n) is 5.55. The number of benzene rings is 2. The summed E-state index contributed by atoms with van der Waals surface area (Å²) in [7, 11) is 0. The molecule has 0 saturated heterocycles. The van der Waals surface area contributed by atoms with E-state index < -0.39 is 17.4 Å². The van der Waals surface area contributed by atoms with Crippen molar-refractivity contribution in [2.24, 2.45) is 5.92 Å². The first kappa shape index (κ1) is 19.7. The van der Waals surface area contributed by atoms with Gasteiger partial charge in [0.05, 0.1) is 18.1 Å². The molecule has 2 aromatic carbocycles. The molecular weight excluding hydrogens is 414 g/mol. The summed E-state index contributed by atoms with van der Waals surface area (Å²) in [6.45, 7) is 2.24. The van der Waals surface area contributed by atoms with Crippen LogP contribution in [0.5, 0.6) is 11.5 Å².